The zero-order valence-corrected chi connectivity index (χ0v) is 7.22. The topological polar surface area (TPSA) is 35.5 Å². The van der Waals surface area contributed by atoms with Gasteiger partial charge in [-0.1, -0.05) is 6.08 Å². The molecule has 0 spiro atoms. The maximum atomic E-state index is 10.9. The van der Waals surface area contributed by atoms with Gasteiger partial charge in [0.05, 0.1) is 13.7 Å². The van der Waals surface area contributed by atoms with Crippen molar-refractivity contribution in [2.24, 2.45) is 0 Å². The Morgan fingerprint density at radius 1 is 1.45 bits per heavy atom. The summed E-state index contributed by atoms with van der Waals surface area (Å²) in [5.41, 5.74) is 0.661. The zero-order valence-electron chi connectivity index (χ0n) is 7.22. The smallest absolute Gasteiger partial charge is 0.333 e. The van der Waals surface area contributed by atoms with E-state index in [1.807, 2.05) is 6.92 Å². The quantitative estimate of drug-likeness (QED) is 0.454. The van der Waals surface area contributed by atoms with Crippen LogP contribution in [0.5, 0.6) is 0 Å². The Labute approximate surface area is 67.0 Å². The molecule has 0 rings (SSSR count). The average molecular weight is 158 g/mol. The maximum absolute atomic E-state index is 10.9. The molecule has 0 fully saturated rings. The lowest BCUT2D eigenvalue weighted by molar-refractivity contribution is -0.136. The Morgan fingerprint density at radius 2 is 2.09 bits per heavy atom. The van der Waals surface area contributed by atoms with Gasteiger partial charge in [-0.25, -0.2) is 4.79 Å². The summed E-state index contributed by atoms with van der Waals surface area (Å²) in [6.45, 7) is 2.36. The van der Waals surface area contributed by atoms with E-state index in [0.29, 0.717) is 18.6 Å². The van der Waals surface area contributed by atoms with Crippen LogP contribution in [0.25, 0.3) is 0 Å². The van der Waals surface area contributed by atoms with Crippen LogP contribution in [0.2, 0.25) is 0 Å². The Kier molecular flexibility index (Phi) is 5.47. The molecule has 0 saturated carbocycles. The van der Waals surface area contributed by atoms with Crippen LogP contribution in [0.3, 0.4) is 0 Å². The van der Waals surface area contributed by atoms with Gasteiger partial charge in [0.15, 0.2) is 0 Å². The number of methoxy groups -OCH3 is 2. The number of hydrogen-bond donors (Lipinski definition) is 0. The summed E-state index contributed by atoms with van der Waals surface area (Å²) in [5.74, 6) is -0.274. The third kappa shape index (κ3) is 3.78. The number of ether oxygens (including phenoxy) is 2. The highest BCUT2D eigenvalue weighted by Crippen LogP contribution is 2.02. The van der Waals surface area contributed by atoms with E-state index < -0.39 is 0 Å². The predicted octanol–water partition coefficient (Wildman–Crippen LogP) is 1.14. The molecule has 0 aliphatic rings. The molecule has 0 aromatic carbocycles. The molecule has 0 aromatic rings. The van der Waals surface area contributed by atoms with Crippen molar-refractivity contribution < 1.29 is 14.3 Å². The van der Waals surface area contributed by atoms with Gasteiger partial charge in [0, 0.05) is 19.1 Å². The van der Waals surface area contributed by atoms with Gasteiger partial charge in [-0.05, 0) is 6.92 Å². The fraction of sp³-hybridized carbons (Fsp3) is 0.625. The van der Waals surface area contributed by atoms with E-state index in [1.54, 1.807) is 13.2 Å². The van der Waals surface area contributed by atoms with Crippen molar-refractivity contribution in [3.05, 3.63) is 11.6 Å². The van der Waals surface area contributed by atoms with Crippen LogP contribution in [-0.4, -0.2) is 26.8 Å². The zero-order chi connectivity index (χ0) is 8.69. The molecule has 64 valence electrons. The van der Waals surface area contributed by atoms with Crippen molar-refractivity contribution in [3.8, 4) is 0 Å². The van der Waals surface area contributed by atoms with E-state index in [2.05, 4.69) is 4.74 Å². The first-order valence-corrected chi connectivity index (χ1v) is 3.48. The van der Waals surface area contributed by atoms with Crippen LogP contribution in [0.15, 0.2) is 11.6 Å². The van der Waals surface area contributed by atoms with Gasteiger partial charge in [0.25, 0.3) is 0 Å². The van der Waals surface area contributed by atoms with Gasteiger partial charge in [-0.15, -0.1) is 0 Å². The van der Waals surface area contributed by atoms with E-state index in [-0.39, 0.29) is 5.97 Å². The summed E-state index contributed by atoms with van der Waals surface area (Å²) in [5, 5.41) is 0. The van der Waals surface area contributed by atoms with Crippen LogP contribution < -0.4 is 0 Å². The van der Waals surface area contributed by atoms with E-state index in [4.69, 9.17) is 4.74 Å². The monoisotopic (exact) mass is 158 g/mol. The number of rotatable bonds is 4. The van der Waals surface area contributed by atoms with Gasteiger partial charge in [-0.3, -0.25) is 0 Å². The SMILES string of the molecule is CC=C(CCOC)C(=O)OC. The van der Waals surface area contributed by atoms with Crippen molar-refractivity contribution >= 4 is 5.97 Å². The second-order valence-corrected chi connectivity index (χ2v) is 2.05. The molecule has 0 aromatic heterocycles. The lowest BCUT2D eigenvalue weighted by atomic mass is 10.2. The molecule has 3 nitrogen and oxygen atoms in total. The average Bonchev–Trinajstić information content (AvgIpc) is 2.05. The highest BCUT2D eigenvalue weighted by atomic mass is 16.5. The number of carbonyl (C=O) groups excluding carboxylic acids is 1. The fourth-order valence-electron chi connectivity index (χ4n) is 0.707. The minimum Gasteiger partial charge on any atom is -0.466 e. The van der Waals surface area contributed by atoms with Crippen molar-refractivity contribution in [1.82, 2.24) is 0 Å². The molecule has 0 unspecified atom stereocenters. The van der Waals surface area contributed by atoms with Crippen LogP contribution in [0, 0.1) is 0 Å². The first kappa shape index (κ1) is 10.2. The van der Waals surface area contributed by atoms with E-state index in [1.165, 1.54) is 7.11 Å². The molecule has 0 bridgehead atoms. The summed E-state index contributed by atoms with van der Waals surface area (Å²) in [6, 6.07) is 0. The molecule has 0 saturated heterocycles. The molecule has 11 heavy (non-hydrogen) atoms. The highest BCUT2D eigenvalue weighted by Gasteiger charge is 2.06. The Morgan fingerprint density at radius 3 is 2.45 bits per heavy atom. The number of allylic oxidation sites excluding steroid dienone is 1. The largest absolute Gasteiger partial charge is 0.466 e. The van der Waals surface area contributed by atoms with Gasteiger partial charge >= 0.3 is 5.97 Å². The highest BCUT2D eigenvalue weighted by molar-refractivity contribution is 5.88. The van der Waals surface area contributed by atoms with Crippen LogP contribution >= 0.6 is 0 Å². The molecule has 0 radical (unpaired) electrons. The third-order valence-electron chi connectivity index (χ3n) is 1.37. The Balaban J connectivity index is 3.87. The molecule has 3 heteroatoms. The number of carbonyl (C=O) groups is 1. The van der Waals surface area contributed by atoms with Gasteiger partial charge < -0.3 is 9.47 Å². The lowest BCUT2D eigenvalue weighted by Gasteiger charge is -2.02. The third-order valence-corrected chi connectivity index (χ3v) is 1.37. The first-order valence-electron chi connectivity index (χ1n) is 3.48. The van der Waals surface area contributed by atoms with Crippen molar-refractivity contribution in [2.45, 2.75) is 13.3 Å². The van der Waals surface area contributed by atoms with Crippen molar-refractivity contribution in [3.63, 3.8) is 0 Å². The predicted molar refractivity (Wildman–Crippen MR) is 42.3 cm³/mol. The Bertz CT molecular complexity index is 149. The van der Waals surface area contributed by atoms with Crippen LogP contribution in [0.4, 0.5) is 0 Å². The van der Waals surface area contributed by atoms with Crippen LogP contribution in [-0.2, 0) is 14.3 Å². The molecule has 0 amide bonds. The van der Waals surface area contributed by atoms with Gasteiger partial charge in [0.1, 0.15) is 0 Å². The van der Waals surface area contributed by atoms with Crippen molar-refractivity contribution in [2.75, 3.05) is 20.8 Å². The molecular formula is C8H14O3. The number of esters is 1. The normalized spacial score (nSPS) is 11.4. The second kappa shape index (κ2) is 5.92. The lowest BCUT2D eigenvalue weighted by Crippen LogP contribution is -2.06. The van der Waals surface area contributed by atoms with Gasteiger partial charge in [-0.2, -0.15) is 0 Å². The van der Waals surface area contributed by atoms with Crippen LogP contribution in [0.1, 0.15) is 13.3 Å². The Hall–Kier alpha value is -0.830. The summed E-state index contributed by atoms with van der Waals surface area (Å²) in [6.07, 6.45) is 2.35. The second-order valence-electron chi connectivity index (χ2n) is 2.05. The molecular weight excluding hydrogens is 144 g/mol. The van der Waals surface area contributed by atoms with E-state index in [9.17, 15) is 4.79 Å². The molecule has 0 N–H and O–H groups in total. The molecule has 0 heterocycles. The summed E-state index contributed by atoms with van der Waals surface area (Å²) in [7, 11) is 2.98. The van der Waals surface area contributed by atoms with Crippen molar-refractivity contribution in [1.29, 1.82) is 0 Å². The van der Waals surface area contributed by atoms with E-state index >= 15 is 0 Å². The first-order chi connectivity index (χ1) is 5.26. The number of hydrogen-bond acceptors (Lipinski definition) is 3. The summed E-state index contributed by atoms with van der Waals surface area (Å²) in [4.78, 5) is 10.9. The minimum atomic E-state index is -0.274. The molecule has 0 atom stereocenters. The fourth-order valence-corrected chi connectivity index (χ4v) is 0.707. The summed E-state index contributed by atoms with van der Waals surface area (Å²) >= 11 is 0. The maximum Gasteiger partial charge on any atom is 0.333 e. The summed E-state index contributed by atoms with van der Waals surface area (Å²) < 4.78 is 9.36. The molecule has 0 aliphatic heterocycles. The van der Waals surface area contributed by atoms with E-state index in [0.717, 1.165) is 0 Å². The minimum absolute atomic E-state index is 0.274. The standard InChI is InChI=1S/C8H14O3/c1-4-7(5-6-10-2)8(9)11-3/h4H,5-6H2,1-3H3. The molecule has 0 aliphatic carbocycles. The van der Waals surface area contributed by atoms with Gasteiger partial charge in [0.2, 0.25) is 0 Å².